The molecule has 0 saturated heterocycles. The molecule has 2 heterocycles. The van der Waals surface area contributed by atoms with E-state index in [0.717, 1.165) is 41.1 Å². The largest absolute Gasteiger partial charge is 0.362 e. The predicted octanol–water partition coefficient (Wildman–Crippen LogP) is 4.00. The summed E-state index contributed by atoms with van der Waals surface area (Å²) >= 11 is 0. The van der Waals surface area contributed by atoms with Gasteiger partial charge in [0.1, 0.15) is 5.82 Å². The molecule has 2 aliphatic rings. The van der Waals surface area contributed by atoms with E-state index < -0.39 is 0 Å². The highest BCUT2D eigenvalue weighted by Crippen LogP contribution is 2.42. The molecule has 1 aliphatic heterocycles. The summed E-state index contributed by atoms with van der Waals surface area (Å²) in [5.74, 6) is 0.0258. The third kappa shape index (κ3) is 3.36. The average molecular weight is 373 g/mol. The van der Waals surface area contributed by atoms with E-state index in [-0.39, 0.29) is 17.6 Å². The van der Waals surface area contributed by atoms with Gasteiger partial charge in [-0.05, 0) is 44.4 Å². The summed E-state index contributed by atoms with van der Waals surface area (Å²) in [5.41, 5.74) is 4.82. The fourth-order valence-electron chi connectivity index (χ4n) is 4.06. The summed E-state index contributed by atoms with van der Waals surface area (Å²) < 4.78 is 0. The number of hydrogen-bond acceptors (Lipinski definition) is 4. The summed E-state index contributed by atoms with van der Waals surface area (Å²) in [7, 11) is 0. The highest BCUT2D eigenvalue weighted by molar-refractivity contribution is 6.09. The maximum absolute atomic E-state index is 13.3. The van der Waals surface area contributed by atoms with Crippen molar-refractivity contribution in [1.29, 1.82) is 0 Å². The lowest BCUT2D eigenvalue weighted by Crippen LogP contribution is -2.35. The molecule has 1 atom stereocenters. The van der Waals surface area contributed by atoms with Crippen LogP contribution in [0.1, 0.15) is 43.4 Å². The molecule has 28 heavy (non-hydrogen) atoms. The van der Waals surface area contributed by atoms with Crippen molar-refractivity contribution in [3.63, 3.8) is 0 Å². The van der Waals surface area contributed by atoms with Gasteiger partial charge in [0.2, 0.25) is 0 Å². The molecule has 5 heteroatoms. The van der Waals surface area contributed by atoms with E-state index in [9.17, 15) is 9.59 Å². The van der Waals surface area contributed by atoms with E-state index in [1.54, 1.807) is 6.07 Å². The Balaban J connectivity index is 1.77. The van der Waals surface area contributed by atoms with Crippen LogP contribution in [0.15, 0.2) is 71.1 Å². The van der Waals surface area contributed by atoms with Crippen LogP contribution in [0, 0.1) is 6.92 Å². The Morgan fingerprint density at radius 3 is 2.61 bits per heavy atom. The number of pyridine rings is 1. The van der Waals surface area contributed by atoms with Gasteiger partial charge in [-0.2, -0.15) is 0 Å². The number of nitrogens with zero attached hydrogens (tertiary/aromatic N) is 1. The van der Waals surface area contributed by atoms with Gasteiger partial charge in [0.05, 0.1) is 0 Å². The van der Waals surface area contributed by atoms with Crippen LogP contribution in [0.4, 0.5) is 5.82 Å². The number of anilines is 1. The minimum atomic E-state index is -0.366. The predicted molar refractivity (Wildman–Crippen MR) is 109 cm³/mol. The molecular formula is C23H23N3O2. The number of amides is 1. The number of nitrogens with one attached hydrogen (secondary N) is 2. The van der Waals surface area contributed by atoms with Crippen molar-refractivity contribution in [3.8, 4) is 0 Å². The smallest absolute Gasteiger partial charge is 0.255 e. The average Bonchev–Trinajstić information content (AvgIpc) is 2.67. The van der Waals surface area contributed by atoms with Gasteiger partial charge in [-0.25, -0.2) is 4.98 Å². The Bertz CT molecular complexity index is 1010. The first-order chi connectivity index (χ1) is 13.5. The fraction of sp³-hybridized carbons (Fsp3) is 0.261. The SMILES string of the molecule is CC1=C(C(=O)Nc2cccc(C)n2)C(c2ccccc2)C2=C(CCCC2=O)N1. The number of benzene rings is 1. The van der Waals surface area contributed by atoms with Crippen molar-refractivity contribution in [2.75, 3.05) is 5.32 Å². The molecular weight excluding hydrogens is 350 g/mol. The highest BCUT2D eigenvalue weighted by Gasteiger charge is 2.38. The van der Waals surface area contributed by atoms with Gasteiger partial charge in [0, 0.05) is 40.6 Å². The zero-order chi connectivity index (χ0) is 19.7. The van der Waals surface area contributed by atoms with Gasteiger partial charge < -0.3 is 10.6 Å². The van der Waals surface area contributed by atoms with Gasteiger partial charge in [-0.1, -0.05) is 36.4 Å². The van der Waals surface area contributed by atoms with Crippen LogP contribution in [0.2, 0.25) is 0 Å². The van der Waals surface area contributed by atoms with Crippen molar-refractivity contribution < 1.29 is 9.59 Å². The molecule has 1 aliphatic carbocycles. The number of carbonyl (C=O) groups is 2. The summed E-state index contributed by atoms with van der Waals surface area (Å²) in [6, 6.07) is 15.3. The van der Waals surface area contributed by atoms with E-state index >= 15 is 0 Å². The molecule has 1 aromatic carbocycles. The first-order valence-electron chi connectivity index (χ1n) is 9.58. The molecule has 4 rings (SSSR count). The Morgan fingerprint density at radius 2 is 1.86 bits per heavy atom. The van der Waals surface area contributed by atoms with Gasteiger partial charge in [0.25, 0.3) is 5.91 Å². The van der Waals surface area contributed by atoms with Crippen molar-refractivity contribution in [2.45, 2.75) is 39.0 Å². The second-order valence-corrected chi connectivity index (χ2v) is 7.29. The van der Waals surface area contributed by atoms with Crippen molar-refractivity contribution in [3.05, 3.63) is 82.3 Å². The third-order valence-electron chi connectivity index (χ3n) is 5.28. The van der Waals surface area contributed by atoms with Crippen LogP contribution < -0.4 is 10.6 Å². The van der Waals surface area contributed by atoms with Crippen LogP contribution in [0.3, 0.4) is 0 Å². The summed E-state index contributed by atoms with van der Waals surface area (Å²) in [4.78, 5) is 30.5. The zero-order valence-corrected chi connectivity index (χ0v) is 16.1. The van der Waals surface area contributed by atoms with Crippen molar-refractivity contribution in [2.24, 2.45) is 0 Å². The molecule has 142 valence electrons. The number of allylic oxidation sites excluding steroid dienone is 3. The van der Waals surface area contributed by atoms with Gasteiger partial charge in [-0.3, -0.25) is 9.59 Å². The lowest BCUT2D eigenvalue weighted by molar-refractivity contribution is -0.116. The Kier molecular flexibility index (Phi) is 4.82. The quantitative estimate of drug-likeness (QED) is 0.853. The number of aromatic nitrogens is 1. The monoisotopic (exact) mass is 373 g/mol. The molecule has 0 radical (unpaired) electrons. The van der Waals surface area contributed by atoms with E-state index in [1.165, 1.54) is 0 Å². The summed E-state index contributed by atoms with van der Waals surface area (Å²) in [6.07, 6.45) is 2.20. The molecule has 5 nitrogen and oxygen atoms in total. The number of Topliss-reactive ketones (excluding diaryl/α,β-unsaturated/α-hetero) is 1. The number of ketones is 1. The number of aryl methyl sites for hydroxylation is 1. The lowest BCUT2D eigenvalue weighted by Gasteiger charge is -2.34. The van der Waals surface area contributed by atoms with Gasteiger partial charge in [-0.15, -0.1) is 0 Å². The number of carbonyl (C=O) groups excluding carboxylic acids is 2. The Morgan fingerprint density at radius 1 is 1.07 bits per heavy atom. The highest BCUT2D eigenvalue weighted by atomic mass is 16.2. The lowest BCUT2D eigenvalue weighted by atomic mass is 9.75. The first-order valence-corrected chi connectivity index (χ1v) is 9.58. The van der Waals surface area contributed by atoms with E-state index in [4.69, 9.17) is 0 Å². The van der Waals surface area contributed by atoms with Crippen molar-refractivity contribution in [1.82, 2.24) is 10.3 Å². The van der Waals surface area contributed by atoms with Crippen LogP contribution >= 0.6 is 0 Å². The minimum absolute atomic E-state index is 0.120. The Labute approximate surface area is 164 Å². The first kappa shape index (κ1) is 18.2. The van der Waals surface area contributed by atoms with Crippen LogP contribution in [0.5, 0.6) is 0 Å². The van der Waals surface area contributed by atoms with E-state index in [2.05, 4.69) is 15.6 Å². The Hall–Kier alpha value is -3.21. The van der Waals surface area contributed by atoms with E-state index in [0.29, 0.717) is 17.8 Å². The topological polar surface area (TPSA) is 71.1 Å². The van der Waals surface area contributed by atoms with Crippen molar-refractivity contribution >= 4 is 17.5 Å². The zero-order valence-electron chi connectivity index (χ0n) is 16.1. The second-order valence-electron chi connectivity index (χ2n) is 7.29. The molecule has 0 fully saturated rings. The van der Waals surface area contributed by atoms with Crippen LogP contribution in [0.25, 0.3) is 0 Å². The normalized spacial score (nSPS) is 19.2. The number of hydrogen-bond donors (Lipinski definition) is 2. The standard InChI is InChI=1S/C23H23N3O2/c1-14-8-6-13-19(24-14)26-23(28)20-15(2)25-17-11-7-12-18(27)22(17)21(20)16-9-4-3-5-10-16/h3-6,8-10,13,21,25H,7,11-12H2,1-2H3,(H,24,26,28). The molecule has 2 aromatic rings. The third-order valence-corrected chi connectivity index (χ3v) is 5.28. The molecule has 0 bridgehead atoms. The molecule has 0 saturated carbocycles. The van der Waals surface area contributed by atoms with Gasteiger partial charge >= 0.3 is 0 Å². The van der Waals surface area contributed by atoms with Crippen LogP contribution in [-0.2, 0) is 9.59 Å². The number of dihydropyridines is 1. The molecule has 1 amide bonds. The molecule has 0 spiro atoms. The molecule has 1 aromatic heterocycles. The number of rotatable bonds is 3. The fourth-order valence-corrected chi connectivity index (χ4v) is 4.06. The molecule has 1 unspecified atom stereocenters. The second kappa shape index (κ2) is 7.43. The summed E-state index contributed by atoms with van der Waals surface area (Å²) in [6.45, 7) is 3.78. The van der Waals surface area contributed by atoms with E-state index in [1.807, 2.05) is 56.3 Å². The minimum Gasteiger partial charge on any atom is -0.362 e. The molecule has 2 N–H and O–H groups in total. The maximum atomic E-state index is 13.3. The van der Waals surface area contributed by atoms with Crippen LogP contribution in [-0.4, -0.2) is 16.7 Å². The maximum Gasteiger partial charge on any atom is 0.255 e. The summed E-state index contributed by atoms with van der Waals surface area (Å²) in [5, 5.41) is 6.24. The van der Waals surface area contributed by atoms with Gasteiger partial charge in [0.15, 0.2) is 5.78 Å².